The summed E-state index contributed by atoms with van der Waals surface area (Å²) in [5.74, 6) is 0.546. The molecule has 2 aliphatic rings. The molecule has 0 N–H and O–H groups in total. The molecule has 3 heterocycles. The Labute approximate surface area is 158 Å². The molecule has 6 heteroatoms. The Morgan fingerprint density at radius 3 is 2.88 bits per heavy atom. The fraction of sp³-hybridized carbons (Fsp3) is 0.500. The summed E-state index contributed by atoms with van der Waals surface area (Å²) in [5.41, 5.74) is 2.41. The molecule has 0 spiro atoms. The van der Waals surface area contributed by atoms with Crippen LogP contribution >= 0.6 is 11.6 Å². The maximum atomic E-state index is 9.55. The lowest BCUT2D eigenvalue weighted by molar-refractivity contribution is 0.0132. The minimum absolute atomic E-state index is 0.286. The highest BCUT2D eigenvalue weighted by atomic mass is 35.5. The quantitative estimate of drug-likeness (QED) is 0.818. The number of benzene rings is 1. The number of fused-ring (bicyclic) bond motifs is 1. The van der Waals surface area contributed by atoms with Crippen LogP contribution in [0.3, 0.4) is 0 Å². The zero-order valence-electron chi connectivity index (χ0n) is 14.7. The summed E-state index contributed by atoms with van der Waals surface area (Å²) < 4.78 is 11.5. The Hall–Kier alpha value is -1.87. The average Bonchev–Trinajstić information content (AvgIpc) is 3.19. The lowest BCUT2D eigenvalue weighted by Gasteiger charge is -2.35. The van der Waals surface area contributed by atoms with Crippen LogP contribution in [0.5, 0.6) is 0 Å². The van der Waals surface area contributed by atoms with Crippen molar-refractivity contribution < 1.29 is 9.47 Å². The van der Waals surface area contributed by atoms with Gasteiger partial charge in [0.1, 0.15) is 6.07 Å². The van der Waals surface area contributed by atoms with Gasteiger partial charge in [-0.1, -0.05) is 11.6 Å². The molecule has 2 aliphatic heterocycles. The third-order valence-electron chi connectivity index (χ3n) is 5.27. The minimum Gasteiger partial charge on any atom is -0.381 e. The molecular formula is C20H22ClN3O2. The summed E-state index contributed by atoms with van der Waals surface area (Å²) >= 11 is 6.19. The van der Waals surface area contributed by atoms with Crippen LogP contribution in [0.2, 0.25) is 5.02 Å². The van der Waals surface area contributed by atoms with E-state index >= 15 is 0 Å². The fourth-order valence-corrected chi connectivity index (χ4v) is 3.98. The molecule has 2 aromatic rings. The second kappa shape index (κ2) is 7.79. The van der Waals surface area contributed by atoms with Crippen molar-refractivity contribution in [1.29, 1.82) is 5.26 Å². The molecule has 0 amide bonds. The van der Waals surface area contributed by atoms with E-state index < -0.39 is 0 Å². The number of nitrogens with zero attached hydrogens (tertiary/aromatic N) is 3. The van der Waals surface area contributed by atoms with Crippen LogP contribution in [0.4, 0.5) is 5.69 Å². The zero-order chi connectivity index (χ0) is 17.9. The highest BCUT2D eigenvalue weighted by Crippen LogP contribution is 2.33. The van der Waals surface area contributed by atoms with E-state index in [0.29, 0.717) is 16.5 Å². The molecule has 2 fully saturated rings. The molecule has 1 unspecified atom stereocenters. The summed E-state index contributed by atoms with van der Waals surface area (Å²) in [6.07, 6.45) is 4.97. The third kappa shape index (κ3) is 3.64. The van der Waals surface area contributed by atoms with E-state index in [0.717, 1.165) is 68.8 Å². The maximum Gasteiger partial charge on any atom is 0.103 e. The van der Waals surface area contributed by atoms with Crippen LogP contribution in [-0.4, -0.2) is 44.0 Å². The predicted molar refractivity (Wildman–Crippen MR) is 102 cm³/mol. The molecule has 5 nitrogen and oxygen atoms in total. The molecule has 0 bridgehead atoms. The number of piperidine rings is 1. The summed E-state index contributed by atoms with van der Waals surface area (Å²) in [4.78, 5) is 6.67. The Bertz CT molecular complexity index is 822. The first-order valence-corrected chi connectivity index (χ1v) is 9.55. The molecule has 0 radical (unpaired) electrons. The Morgan fingerprint density at radius 2 is 2.15 bits per heavy atom. The van der Waals surface area contributed by atoms with Crippen LogP contribution in [-0.2, 0) is 9.47 Å². The second-order valence-corrected chi connectivity index (χ2v) is 7.48. The molecule has 136 valence electrons. The minimum atomic E-state index is 0.286. The maximum absolute atomic E-state index is 9.55. The molecule has 1 atom stereocenters. The van der Waals surface area contributed by atoms with E-state index in [-0.39, 0.29) is 6.10 Å². The lowest BCUT2D eigenvalue weighted by atomic mass is 10.0. The van der Waals surface area contributed by atoms with Crippen LogP contribution < -0.4 is 4.90 Å². The average molecular weight is 372 g/mol. The summed E-state index contributed by atoms with van der Waals surface area (Å²) in [6, 6.07) is 7.93. The molecular weight excluding hydrogens is 350 g/mol. The SMILES string of the molecule is N#Cc1cnc2ccc(Cl)cc2c1N1CCC(OCC2CCOC2)CC1. The number of ether oxygens (including phenoxy) is 2. The van der Waals surface area contributed by atoms with Gasteiger partial charge in [0.05, 0.1) is 36.1 Å². The number of anilines is 1. The molecule has 1 aromatic heterocycles. The molecule has 0 saturated carbocycles. The van der Waals surface area contributed by atoms with Gasteiger partial charge in [-0.15, -0.1) is 0 Å². The zero-order valence-corrected chi connectivity index (χ0v) is 15.4. The molecule has 0 aliphatic carbocycles. The standard InChI is InChI=1S/C20H22ClN3O2/c21-16-1-2-19-18(9-16)20(15(10-22)11-23-19)24-6-3-17(4-7-24)26-13-14-5-8-25-12-14/h1-2,9,11,14,17H,3-8,12-13H2. The van der Waals surface area contributed by atoms with E-state index in [4.69, 9.17) is 21.1 Å². The van der Waals surface area contributed by atoms with Gasteiger partial charge in [-0.2, -0.15) is 5.26 Å². The number of halogens is 1. The van der Waals surface area contributed by atoms with Crippen molar-refractivity contribution in [1.82, 2.24) is 4.98 Å². The van der Waals surface area contributed by atoms with Crippen molar-refractivity contribution in [2.75, 3.05) is 37.8 Å². The van der Waals surface area contributed by atoms with Gasteiger partial charge in [-0.3, -0.25) is 4.98 Å². The highest BCUT2D eigenvalue weighted by Gasteiger charge is 2.25. The number of hydrogen-bond acceptors (Lipinski definition) is 5. The Balaban J connectivity index is 1.48. The number of rotatable bonds is 4. The van der Waals surface area contributed by atoms with E-state index in [2.05, 4.69) is 16.0 Å². The summed E-state index contributed by atoms with van der Waals surface area (Å²) in [5, 5.41) is 11.2. The van der Waals surface area contributed by atoms with Gasteiger partial charge in [-0.25, -0.2) is 0 Å². The van der Waals surface area contributed by atoms with Gasteiger partial charge in [-0.05, 0) is 37.5 Å². The number of pyridine rings is 1. The summed E-state index contributed by atoms with van der Waals surface area (Å²) in [7, 11) is 0. The number of nitriles is 1. The van der Waals surface area contributed by atoms with E-state index in [9.17, 15) is 5.26 Å². The first-order chi connectivity index (χ1) is 12.7. The fourth-order valence-electron chi connectivity index (χ4n) is 3.81. The van der Waals surface area contributed by atoms with Crippen LogP contribution in [0.25, 0.3) is 10.9 Å². The lowest BCUT2D eigenvalue weighted by Crippen LogP contribution is -2.38. The van der Waals surface area contributed by atoms with E-state index in [1.807, 2.05) is 18.2 Å². The van der Waals surface area contributed by atoms with Crippen LogP contribution in [0, 0.1) is 17.2 Å². The predicted octanol–water partition coefficient (Wildman–Crippen LogP) is 3.78. The van der Waals surface area contributed by atoms with Crippen LogP contribution in [0.15, 0.2) is 24.4 Å². The van der Waals surface area contributed by atoms with Crippen molar-refractivity contribution in [3.63, 3.8) is 0 Å². The van der Waals surface area contributed by atoms with E-state index in [1.54, 1.807) is 6.20 Å². The van der Waals surface area contributed by atoms with Gasteiger partial charge in [0, 0.05) is 42.2 Å². The van der Waals surface area contributed by atoms with E-state index in [1.165, 1.54) is 0 Å². The molecule has 26 heavy (non-hydrogen) atoms. The van der Waals surface area contributed by atoms with Gasteiger partial charge in [0.2, 0.25) is 0 Å². The van der Waals surface area contributed by atoms with Crippen molar-refractivity contribution >= 4 is 28.2 Å². The largest absolute Gasteiger partial charge is 0.381 e. The first kappa shape index (κ1) is 17.5. The van der Waals surface area contributed by atoms with Crippen molar-refractivity contribution in [2.45, 2.75) is 25.4 Å². The van der Waals surface area contributed by atoms with Gasteiger partial charge in [0.25, 0.3) is 0 Å². The van der Waals surface area contributed by atoms with Gasteiger partial charge >= 0.3 is 0 Å². The third-order valence-corrected chi connectivity index (χ3v) is 5.51. The first-order valence-electron chi connectivity index (χ1n) is 9.17. The van der Waals surface area contributed by atoms with Crippen molar-refractivity contribution in [3.05, 3.63) is 35.0 Å². The molecule has 1 aromatic carbocycles. The topological polar surface area (TPSA) is 58.4 Å². The smallest absolute Gasteiger partial charge is 0.103 e. The normalized spacial score (nSPS) is 21.2. The number of aromatic nitrogens is 1. The van der Waals surface area contributed by atoms with Gasteiger partial charge < -0.3 is 14.4 Å². The van der Waals surface area contributed by atoms with Crippen molar-refractivity contribution in [2.24, 2.45) is 5.92 Å². The van der Waals surface area contributed by atoms with Crippen LogP contribution in [0.1, 0.15) is 24.8 Å². The second-order valence-electron chi connectivity index (χ2n) is 7.04. The number of hydrogen-bond donors (Lipinski definition) is 0. The Kier molecular flexibility index (Phi) is 5.26. The Morgan fingerprint density at radius 1 is 1.31 bits per heavy atom. The molecule has 4 rings (SSSR count). The highest BCUT2D eigenvalue weighted by molar-refractivity contribution is 6.31. The van der Waals surface area contributed by atoms with Crippen molar-refractivity contribution in [3.8, 4) is 6.07 Å². The summed E-state index contributed by atoms with van der Waals surface area (Å²) in [6.45, 7) is 4.22. The molecule has 2 saturated heterocycles. The van der Waals surface area contributed by atoms with Gasteiger partial charge in [0.15, 0.2) is 0 Å². The monoisotopic (exact) mass is 371 g/mol.